The van der Waals surface area contributed by atoms with E-state index in [4.69, 9.17) is 16.3 Å². The highest BCUT2D eigenvalue weighted by Crippen LogP contribution is 2.31. The number of aromatic nitrogens is 1. The van der Waals surface area contributed by atoms with E-state index in [1.54, 1.807) is 7.11 Å². The van der Waals surface area contributed by atoms with Gasteiger partial charge in [-0.25, -0.2) is 4.98 Å². The molecule has 0 saturated heterocycles. The van der Waals surface area contributed by atoms with Crippen LogP contribution in [-0.4, -0.2) is 17.8 Å². The van der Waals surface area contributed by atoms with Crippen molar-refractivity contribution < 1.29 is 4.74 Å². The Bertz CT molecular complexity index is 967. The topological polar surface area (TPSA) is 46.5 Å². The van der Waals surface area contributed by atoms with Gasteiger partial charge >= 0.3 is 0 Å². The smallest absolute Gasteiger partial charge is 0.135 e. The molecule has 3 aromatic rings. The van der Waals surface area contributed by atoms with Crippen molar-refractivity contribution >= 4 is 28.2 Å². The Morgan fingerprint density at radius 2 is 1.92 bits per heavy atom. The van der Waals surface area contributed by atoms with E-state index in [2.05, 4.69) is 40.6 Å². The molecule has 4 nitrogen and oxygen atoms in total. The number of hydrogen-bond acceptors (Lipinski definition) is 4. The van der Waals surface area contributed by atoms with Crippen molar-refractivity contribution in [1.82, 2.24) is 10.4 Å². The molecule has 0 saturated carbocycles. The minimum absolute atomic E-state index is 0.0304. The van der Waals surface area contributed by atoms with Crippen molar-refractivity contribution in [2.75, 3.05) is 7.11 Å². The molecule has 2 aromatic carbocycles. The molecule has 5 heteroatoms. The first kappa shape index (κ1) is 15.9. The van der Waals surface area contributed by atoms with Crippen LogP contribution in [0.4, 0.5) is 0 Å². The molecule has 2 heterocycles. The standard InChI is InChI=1S/C20H18ClN3O/c1-12-3-4-14-10-16(20(21)22-17(14)9-12)19-11-18(23-24-19)13-5-7-15(25-2)8-6-13/h3-10,19,24H,11H2,1-2H3/t19-/m0/s1. The summed E-state index contributed by atoms with van der Waals surface area (Å²) in [5.41, 5.74) is 8.36. The van der Waals surface area contributed by atoms with E-state index < -0.39 is 0 Å². The van der Waals surface area contributed by atoms with Crippen LogP contribution in [0.2, 0.25) is 5.15 Å². The van der Waals surface area contributed by atoms with Gasteiger partial charge < -0.3 is 10.2 Å². The summed E-state index contributed by atoms with van der Waals surface area (Å²) in [6, 6.07) is 16.3. The molecular formula is C20H18ClN3O. The van der Waals surface area contributed by atoms with Gasteiger partial charge in [0.1, 0.15) is 10.9 Å². The van der Waals surface area contributed by atoms with Crippen molar-refractivity contribution in [3.05, 3.63) is 70.4 Å². The summed E-state index contributed by atoms with van der Waals surface area (Å²) in [6.07, 6.45) is 0.769. The molecular weight excluding hydrogens is 334 g/mol. The average molecular weight is 352 g/mol. The number of nitrogens with zero attached hydrogens (tertiary/aromatic N) is 2. The molecule has 0 bridgehead atoms. The summed E-state index contributed by atoms with van der Waals surface area (Å²) >= 11 is 6.45. The lowest BCUT2D eigenvalue weighted by Gasteiger charge is -2.13. The van der Waals surface area contributed by atoms with Crippen molar-refractivity contribution in [3.63, 3.8) is 0 Å². The van der Waals surface area contributed by atoms with E-state index in [1.807, 2.05) is 30.3 Å². The molecule has 25 heavy (non-hydrogen) atoms. The fourth-order valence-electron chi connectivity index (χ4n) is 3.10. The predicted octanol–water partition coefficient (Wildman–Crippen LogP) is 4.64. The molecule has 0 spiro atoms. The Hall–Kier alpha value is -2.59. The van der Waals surface area contributed by atoms with E-state index in [9.17, 15) is 0 Å². The zero-order valence-corrected chi connectivity index (χ0v) is 14.8. The van der Waals surface area contributed by atoms with Crippen LogP contribution in [-0.2, 0) is 0 Å². The molecule has 4 rings (SSSR count). The van der Waals surface area contributed by atoms with Crippen molar-refractivity contribution in [3.8, 4) is 5.75 Å². The zero-order chi connectivity index (χ0) is 17.4. The zero-order valence-electron chi connectivity index (χ0n) is 14.1. The lowest BCUT2D eigenvalue weighted by atomic mass is 9.99. The second-order valence-electron chi connectivity index (χ2n) is 6.24. The number of benzene rings is 2. The van der Waals surface area contributed by atoms with Crippen LogP contribution in [0.5, 0.6) is 5.75 Å². The maximum absolute atomic E-state index is 6.45. The van der Waals surface area contributed by atoms with Gasteiger partial charge in [0.2, 0.25) is 0 Å². The van der Waals surface area contributed by atoms with Crippen LogP contribution < -0.4 is 10.2 Å². The Morgan fingerprint density at radius 1 is 1.12 bits per heavy atom. The second kappa shape index (κ2) is 6.37. The minimum Gasteiger partial charge on any atom is -0.497 e. The first-order valence-electron chi connectivity index (χ1n) is 8.17. The molecule has 126 valence electrons. The molecule has 0 aliphatic carbocycles. The number of hydrogen-bond donors (Lipinski definition) is 1. The van der Waals surface area contributed by atoms with Gasteiger partial charge in [0, 0.05) is 17.4 Å². The van der Waals surface area contributed by atoms with Crippen LogP contribution >= 0.6 is 11.6 Å². The molecule has 1 atom stereocenters. The fourth-order valence-corrected chi connectivity index (χ4v) is 3.38. The SMILES string of the molecule is COc1ccc(C2=NN[C@H](c3cc4ccc(C)cc4nc3Cl)C2)cc1. The van der Waals surface area contributed by atoms with E-state index in [0.29, 0.717) is 5.15 Å². The van der Waals surface area contributed by atoms with Crippen molar-refractivity contribution in [2.45, 2.75) is 19.4 Å². The molecule has 1 aliphatic rings. The Morgan fingerprint density at radius 3 is 2.68 bits per heavy atom. The third-order valence-corrected chi connectivity index (χ3v) is 4.81. The summed E-state index contributed by atoms with van der Waals surface area (Å²) in [4.78, 5) is 4.56. The highest BCUT2D eigenvalue weighted by atomic mass is 35.5. The number of methoxy groups -OCH3 is 1. The average Bonchev–Trinajstić information content (AvgIpc) is 3.11. The maximum Gasteiger partial charge on any atom is 0.135 e. The van der Waals surface area contributed by atoms with Crippen molar-refractivity contribution in [2.24, 2.45) is 5.10 Å². The number of aryl methyl sites for hydroxylation is 1. The molecule has 1 aliphatic heterocycles. The van der Waals surface area contributed by atoms with Gasteiger partial charge in [0.05, 0.1) is 24.4 Å². The Labute approximate surface area is 151 Å². The normalized spacial score (nSPS) is 16.6. The van der Waals surface area contributed by atoms with E-state index in [1.165, 1.54) is 5.56 Å². The molecule has 0 radical (unpaired) electrons. The van der Waals surface area contributed by atoms with Gasteiger partial charge in [-0.05, 0) is 54.4 Å². The number of fused-ring (bicyclic) bond motifs is 1. The molecule has 0 fully saturated rings. The monoisotopic (exact) mass is 351 g/mol. The fraction of sp³-hybridized carbons (Fsp3) is 0.200. The Kier molecular flexibility index (Phi) is 4.06. The highest BCUT2D eigenvalue weighted by molar-refractivity contribution is 6.30. The van der Waals surface area contributed by atoms with Crippen LogP contribution in [0.1, 0.15) is 29.2 Å². The first-order valence-corrected chi connectivity index (χ1v) is 8.55. The largest absolute Gasteiger partial charge is 0.497 e. The summed E-state index contributed by atoms with van der Waals surface area (Å²) in [5, 5.41) is 6.11. The first-order chi connectivity index (χ1) is 12.1. The third kappa shape index (κ3) is 3.05. The van der Waals surface area contributed by atoms with Crippen molar-refractivity contribution in [1.29, 1.82) is 0 Å². The van der Waals surface area contributed by atoms with Crippen LogP contribution in [0.3, 0.4) is 0 Å². The summed E-state index contributed by atoms with van der Waals surface area (Å²) in [6.45, 7) is 2.05. The number of halogens is 1. The summed E-state index contributed by atoms with van der Waals surface area (Å²) < 4.78 is 5.21. The van der Waals surface area contributed by atoms with Gasteiger partial charge in [-0.3, -0.25) is 0 Å². The lowest BCUT2D eigenvalue weighted by Crippen LogP contribution is -2.11. The van der Waals surface area contributed by atoms with Gasteiger partial charge in [0.25, 0.3) is 0 Å². The van der Waals surface area contributed by atoms with Gasteiger partial charge in [-0.1, -0.05) is 23.7 Å². The van der Waals surface area contributed by atoms with E-state index in [-0.39, 0.29) is 6.04 Å². The quantitative estimate of drug-likeness (QED) is 0.699. The molecule has 1 N–H and O–H groups in total. The van der Waals surface area contributed by atoms with Crippen LogP contribution in [0.25, 0.3) is 10.9 Å². The molecule has 0 unspecified atom stereocenters. The summed E-state index contributed by atoms with van der Waals surface area (Å²) in [7, 11) is 1.66. The molecule has 0 amide bonds. The number of hydrazone groups is 1. The number of rotatable bonds is 3. The lowest BCUT2D eigenvalue weighted by molar-refractivity contribution is 0.415. The van der Waals surface area contributed by atoms with Crippen LogP contribution in [0.15, 0.2) is 53.6 Å². The van der Waals surface area contributed by atoms with Gasteiger partial charge in [-0.2, -0.15) is 5.10 Å². The number of ether oxygens (including phenoxy) is 1. The third-order valence-electron chi connectivity index (χ3n) is 4.51. The Balaban J connectivity index is 1.60. The van der Waals surface area contributed by atoms with E-state index >= 15 is 0 Å². The molecule has 1 aromatic heterocycles. The van der Waals surface area contributed by atoms with Gasteiger partial charge in [0.15, 0.2) is 0 Å². The summed E-state index contributed by atoms with van der Waals surface area (Å²) in [5.74, 6) is 0.837. The maximum atomic E-state index is 6.45. The highest BCUT2D eigenvalue weighted by Gasteiger charge is 2.24. The minimum atomic E-state index is 0.0304. The van der Waals surface area contributed by atoms with Gasteiger partial charge in [-0.15, -0.1) is 0 Å². The number of nitrogens with one attached hydrogen (secondary N) is 1. The van der Waals surface area contributed by atoms with Crippen LogP contribution in [0, 0.1) is 6.92 Å². The predicted molar refractivity (Wildman–Crippen MR) is 102 cm³/mol. The second-order valence-corrected chi connectivity index (χ2v) is 6.60. The number of pyridine rings is 1. The van der Waals surface area contributed by atoms with E-state index in [0.717, 1.165) is 39.9 Å².